The molecule has 0 fully saturated rings. The number of fused-ring (bicyclic) bond motifs is 1. The van der Waals surface area contributed by atoms with Crippen LogP contribution in [0.5, 0.6) is 0 Å². The van der Waals surface area contributed by atoms with Crippen molar-refractivity contribution in [2.45, 2.75) is 13.8 Å². The monoisotopic (exact) mass is 404 g/mol. The lowest BCUT2D eigenvalue weighted by Crippen LogP contribution is -2.33. The smallest absolute Gasteiger partial charge is 0.259 e. The van der Waals surface area contributed by atoms with Crippen LogP contribution in [-0.4, -0.2) is 49.4 Å². The van der Waals surface area contributed by atoms with Crippen molar-refractivity contribution >= 4 is 29.4 Å². The summed E-state index contributed by atoms with van der Waals surface area (Å²) in [5.41, 5.74) is 4.31. The van der Waals surface area contributed by atoms with Crippen LogP contribution in [0.4, 0.5) is 0 Å². The summed E-state index contributed by atoms with van der Waals surface area (Å²) in [6.45, 7) is 6.39. The Morgan fingerprint density at radius 2 is 1.89 bits per heavy atom. The number of pyridine rings is 1. The van der Waals surface area contributed by atoms with Gasteiger partial charge in [0.2, 0.25) is 0 Å². The molecular weight excluding hydrogens is 380 g/mol. The van der Waals surface area contributed by atoms with Crippen molar-refractivity contribution in [2.75, 3.05) is 33.4 Å². The number of halogens is 1. The van der Waals surface area contributed by atoms with Gasteiger partial charge in [0.15, 0.2) is 0 Å². The maximum atomic E-state index is 12.8. The molecule has 2 heterocycles. The molecule has 0 spiro atoms. The summed E-state index contributed by atoms with van der Waals surface area (Å²) in [4.78, 5) is 17.3. The van der Waals surface area contributed by atoms with Crippen molar-refractivity contribution in [1.82, 2.24) is 20.8 Å². The molecule has 0 saturated carbocycles. The van der Waals surface area contributed by atoms with Crippen LogP contribution in [0.3, 0.4) is 0 Å². The lowest BCUT2D eigenvalue weighted by atomic mass is 10.0. The first kappa shape index (κ1) is 21.8. The van der Waals surface area contributed by atoms with Gasteiger partial charge in [0.05, 0.1) is 28.9 Å². The first-order chi connectivity index (χ1) is 13.1. The molecule has 3 rings (SSSR count). The zero-order chi connectivity index (χ0) is 19.2. The van der Waals surface area contributed by atoms with Gasteiger partial charge in [0.1, 0.15) is 0 Å². The largest absolute Gasteiger partial charge is 0.383 e. The number of benzene rings is 1. The minimum absolute atomic E-state index is 0. The van der Waals surface area contributed by atoms with Crippen LogP contribution in [0.25, 0.3) is 22.4 Å². The number of aromatic nitrogens is 2. The van der Waals surface area contributed by atoms with Gasteiger partial charge >= 0.3 is 0 Å². The SMILES string of the molecule is COCCNCCNC(=O)c1cc(-c2ccc(C)cc2)nc2onc(C)c12.Cl. The maximum absolute atomic E-state index is 12.8. The Morgan fingerprint density at radius 1 is 1.14 bits per heavy atom. The van der Waals surface area contributed by atoms with E-state index in [2.05, 4.69) is 20.8 Å². The zero-order valence-corrected chi connectivity index (χ0v) is 17.1. The van der Waals surface area contributed by atoms with Crippen molar-refractivity contribution in [3.63, 3.8) is 0 Å². The average Bonchev–Trinajstić information content (AvgIpc) is 3.05. The fourth-order valence-corrected chi connectivity index (χ4v) is 2.80. The molecule has 0 saturated heterocycles. The van der Waals surface area contributed by atoms with E-state index in [1.165, 1.54) is 0 Å². The first-order valence-electron chi connectivity index (χ1n) is 8.92. The summed E-state index contributed by atoms with van der Waals surface area (Å²) in [5.74, 6) is -0.171. The van der Waals surface area contributed by atoms with E-state index in [1.807, 2.05) is 38.1 Å². The summed E-state index contributed by atoms with van der Waals surface area (Å²) in [6.07, 6.45) is 0. The van der Waals surface area contributed by atoms with Gasteiger partial charge in [-0.15, -0.1) is 12.4 Å². The fraction of sp³-hybridized carbons (Fsp3) is 0.350. The molecule has 0 radical (unpaired) electrons. The molecule has 0 bridgehead atoms. The van der Waals surface area contributed by atoms with Gasteiger partial charge in [0, 0.05) is 32.3 Å². The highest BCUT2D eigenvalue weighted by molar-refractivity contribution is 6.07. The molecule has 2 N–H and O–H groups in total. The van der Waals surface area contributed by atoms with Crippen LogP contribution in [0.15, 0.2) is 34.9 Å². The van der Waals surface area contributed by atoms with Crippen molar-refractivity contribution in [2.24, 2.45) is 0 Å². The predicted molar refractivity (Wildman–Crippen MR) is 111 cm³/mol. The Kier molecular flexibility index (Phi) is 7.92. The number of aryl methyl sites for hydroxylation is 2. The number of nitrogens with zero attached hydrogens (tertiary/aromatic N) is 2. The second kappa shape index (κ2) is 10.2. The molecule has 8 heteroatoms. The van der Waals surface area contributed by atoms with Gasteiger partial charge in [0.25, 0.3) is 11.6 Å². The quantitative estimate of drug-likeness (QED) is 0.561. The van der Waals surface area contributed by atoms with Crippen LogP contribution < -0.4 is 10.6 Å². The Hall–Kier alpha value is -2.48. The van der Waals surface area contributed by atoms with Crippen molar-refractivity contribution in [3.05, 3.63) is 47.2 Å². The van der Waals surface area contributed by atoms with Crippen molar-refractivity contribution < 1.29 is 14.1 Å². The van der Waals surface area contributed by atoms with Crippen LogP contribution in [0.1, 0.15) is 21.6 Å². The van der Waals surface area contributed by atoms with Gasteiger partial charge in [-0.05, 0) is 19.9 Å². The minimum Gasteiger partial charge on any atom is -0.383 e. The summed E-state index contributed by atoms with van der Waals surface area (Å²) in [7, 11) is 1.66. The minimum atomic E-state index is -0.171. The molecule has 1 amide bonds. The molecule has 0 aliphatic carbocycles. The number of carbonyl (C=O) groups is 1. The first-order valence-corrected chi connectivity index (χ1v) is 8.92. The van der Waals surface area contributed by atoms with E-state index in [1.54, 1.807) is 13.2 Å². The normalized spacial score (nSPS) is 10.7. The van der Waals surface area contributed by atoms with Gasteiger partial charge in [-0.1, -0.05) is 35.0 Å². The molecular formula is C20H25ClN4O3. The van der Waals surface area contributed by atoms with E-state index in [0.717, 1.165) is 17.7 Å². The third-order valence-corrected chi connectivity index (χ3v) is 4.28. The molecule has 3 aromatic rings. The topological polar surface area (TPSA) is 89.3 Å². The molecule has 28 heavy (non-hydrogen) atoms. The number of nitrogens with one attached hydrogen (secondary N) is 2. The Labute approximate surface area is 170 Å². The number of ether oxygens (including phenoxy) is 1. The van der Waals surface area contributed by atoms with E-state index in [-0.39, 0.29) is 18.3 Å². The second-order valence-corrected chi connectivity index (χ2v) is 6.37. The molecule has 0 atom stereocenters. The van der Waals surface area contributed by atoms with Gasteiger partial charge in [-0.2, -0.15) is 0 Å². The van der Waals surface area contributed by atoms with Gasteiger partial charge in [-0.25, -0.2) is 4.98 Å². The number of hydrogen-bond donors (Lipinski definition) is 2. The summed E-state index contributed by atoms with van der Waals surface area (Å²) in [6, 6.07) is 9.78. The lowest BCUT2D eigenvalue weighted by Gasteiger charge is -2.09. The molecule has 0 aliphatic heterocycles. The zero-order valence-electron chi connectivity index (χ0n) is 16.2. The third-order valence-electron chi connectivity index (χ3n) is 4.28. The highest BCUT2D eigenvalue weighted by Gasteiger charge is 2.19. The Balaban J connectivity index is 0.00000280. The molecule has 7 nitrogen and oxygen atoms in total. The lowest BCUT2D eigenvalue weighted by molar-refractivity contribution is 0.0955. The fourth-order valence-electron chi connectivity index (χ4n) is 2.80. The van der Waals surface area contributed by atoms with E-state index >= 15 is 0 Å². The molecule has 1 aromatic carbocycles. The molecule has 0 unspecified atom stereocenters. The summed E-state index contributed by atoms with van der Waals surface area (Å²) >= 11 is 0. The van der Waals surface area contributed by atoms with Crippen LogP contribution >= 0.6 is 12.4 Å². The third kappa shape index (κ3) is 5.07. The highest BCUT2D eigenvalue weighted by atomic mass is 35.5. The van der Waals surface area contributed by atoms with E-state index in [9.17, 15) is 4.79 Å². The number of carbonyl (C=O) groups excluding carboxylic acids is 1. The van der Waals surface area contributed by atoms with Crippen molar-refractivity contribution in [3.8, 4) is 11.3 Å². The summed E-state index contributed by atoms with van der Waals surface area (Å²) in [5, 5.41) is 10.8. The molecule has 0 aliphatic rings. The van der Waals surface area contributed by atoms with Crippen LogP contribution in [0, 0.1) is 13.8 Å². The predicted octanol–water partition coefficient (Wildman–Crippen LogP) is 2.89. The second-order valence-electron chi connectivity index (χ2n) is 6.37. The highest BCUT2D eigenvalue weighted by Crippen LogP contribution is 2.27. The standard InChI is InChI=1S/C20H24N4O3.ClH/c1-13-4-6-15(7-5-13)17-12-16(18-14(2)24-27-20(18)23-17)19(25)22-9-8-21-10-11-26-3;/h4-7,12,21H,8-11H2,1-3H3,(H,22,25);1H. The van der Waals surface area contributed by atoms with E-state index < -0.39 is 0 Å². The molecule has 150 valence electrons. The maximum Gasteiger partial charge on any atom is 0.259 e. The Bertz CT molecular complexity index is 925. The van der Waals surface area contributed by atoms with E-state index in [0.29, 0.717) is 47.7 Å². The number of hydrogen-bond acceptors (Lipinski definition) is 6. The number of rotatable bonds is 8. The van der Waals surface area contributed by atoms with Crippen LogP contribution in [0.2, 0.25) is 0 Å². The molecule has 2 aromatic heterocycles. The van der Waals surface area contributed by atoms with E-state index in [4.69, 9.17) is 9.26 Å². The number of methoxy groups -OCH3 is 1. The average molecular weight is 405 g/mol. The van der Waals surface area contributed by atoms with Gasteiger partial charge in [-0.3, -0.25) is 4.79 Å². The van der Waals surface area contributed by atoms with Crippen LogP contribution in [-0.2, 0) is 4.74 Å². The summed E-state index contributed by atoms with van der Waals surface area (Å²) < 4.78 is 10.3. The Morgan fingerprint density at radius 3 is 2.61 bits per heavy atom. The van der Waals surface area contributed by atoms with Gasteiger partial charge < -0.3 is 19.9 Å². The van der Waals surface area contributed by atoms with Crippen molar-refractivity contribution in [1.29, 1.82) is 0 Å². The number of amides is 1.